The minimum atomic E-state index is -0.981. The molecule has 3 N–H and O–H groups in total. The number of aromatic nitrogens is 1. The van der Waals surface area contributed by atoms with Crippen molar-refractivity contribution in [1.29, 1.82) is 0 Å². The van der Waals surface area contributed by atoms with Crippen LogP contribution in [-0.4, -0.2) is 16.1 Å². The summed E-state index contributed by atoms with van der Waals surface area (Å²) < 4.78 is 6.74. The minimum Gasteiger partial charge on any atom is -0.478 e. The molecule has 0 fully saturated rings. The topological polar surface area (TPSA) is 106 Å². The smallest absolute Gasteiger partial charge is 0.346 e. The Labute approximate surface area is 177 Å². The van der Waals surface area contributed by atoms with Gasteiger partial charge in [-0.25, -0.2) is 14.6 Å². The van der Waals surface area contributed by atoms with Crippen LogP contribution in [0.4, 0.5) is 5.69 Å². The van der Waals surface area contributed by atoms with Gasteiger partial charge in [-0.05, 0) is 82.3 Å². The number of nitrogens with two attached hydrogens (primary N) is 1. The molecule has 136 valence electrons. The minimum absolute atomic E-state index is 0.171. The van der Waals surface area contributed by atoms with E-state index in [0.717, 1.165) is 23.8 Å². The van der Waals surface area contributed by atoms with Crippen molar-refractivity contribution in [3.8, 4) is 0 Å². The molecule has 0 saturated heterocycles. The molecule has 0 unspecified atom stereocenters. The number of carbonyl (C=O) groups is 1. The average Bonchev–Trinajstić information content (AvgIpc) is 2.56. The van der Waals surface area contributed by atoms with E-state index >= 15 is 0 Å². The van der Waals surface area contributed by atoms with E-state index in [2.05, 4.69) is 27.6 Å². The summed E-state index contributed by atoms with van der Waals surface area (Å²) >= 11 is 4.23. The predicted molar refractivity (Wildman–Crippen MR) is 118 cm³/mol. The maximum atomic E-state index is 11.5. The quantitative estimate of drug-likeness (QED) is 0.330. The van der Waals surface area contributed by atoms with Crippen molar-refractivity contribution in [2.45, 2.75) is 20.8 Å². The summed E-state index contributed by atoms with van der Waals surface area (Å²) in [6.45, 7) is 5.57. The Morgan fingerprint density at radius 1 is 1.08 bits per heavy atom. The van der Waals surface area contributed by atoms with Gasteiger partial charge in [0.25, 0.3) is 0 Å². The highest BCUT2D eigenvalue weighted by Gasteiger charge is 2.11. The zero-order valence-corrected chi connectivity index (χ0v) is 18.6. The Hall–Kier alpha value is -1.69. The zero-order valence-electron chi connectivity index (χ0n) is 14.3. The lowest BCUT2D eigenvalue weighted by molar-refractivity contribution is 0.0698. The first-order valence-electron chi connectivity index (χ1n) is 7.48. The van der Waals surface area contributed by atoms with E-state index in [4.69, 9.17) is 15.3 Å². The first kappa shape index (κ1) is 20.6. The van der Waals surface area contributed by atoms with Gasteiger partial charge in [0.2, 0.25) is 0 Å². The maximum Gasteiger partial charge on any atom is 0.346 e. The molecule has 0 aliphatic heterocycles. The second-order valence-electron chi connectivity index (χ2n) is 5.58. The average molecular weight is 578 g/mol. The van der Waals surface area contributed by atoms with Crippen LogP contribution in [-0.2, 0) is 0 Å². The van der Waals surface area contributed by atoms with E-state index in [0.29, 0.717) is 17.0 Å². The van der Waals surface area contributed by atoms with Gasteiger partial charge in [-0.3, -0.25) is 0 Å². The SMILES string of the molecule is Cc1ccc(C(=O)O)c(N)c1I.Cc1nc2c(I)c(C)ccc2c(=O)o1. The highest BCUT2D eigenvalue weighted by atomic mass is 127. The number of hydrogen-bond donors (Lipinski definition) is 2. The third-order valence-electron chi connectivity index (χ3n) is 3.64. The van der Waals surface area contributed by atoms with Gasteiger partial charge in [0.1, 0.15) is 0 Å². The van der Waals surface area contributed by atoms with Crippen molar-refractivity contribution in [3.05, 3.63) is 64.4 Å². The van der Waals surface area contributed by atoms with Crippen LogP contribution >= 0.6 is 45.2 Å². The fourth-order valence-corrected chi connectivity index (χ4v) is 3.26. The monoisotopic (exact) mass is 578 g/mol. The number of hydrogen-bond acceptors (Lipinski definition) is 5. The van der Waals surface area contributed by atoms with E-state index < -0.39 is 5.97 Å². The van der Waals surface area contributed by atoms with Crippen molar-refractivity contribution in [1.82, 2.24) is 4.98 Å². The van der Waals surface area contributed by atoms with E-state index in [1.165, 1.54) is 6.07 Å². The van der Waals surface area contributed by atoms with Crippen molar-refractivity contribution in [2.24, 2.45) is 0 Å². The van der Waals surface area contributed by atoms with Crippen LogP contribution in [0.3, 0.4) is 0 Å². The zero-order chi connectivity index (χ0) is 19.6. The number of halogens is 2. The van der Waals surface area contributed by atoms with Crippen LogP contribution < -0.4 is 11.4 Å². The molecule has 0 aliphatic carbocycles. The van der Waals surface area contributed by atoms with E-state index in [1.54, 1.807) is 19.1 Å². The first-order chi connectivity index (χ1) is 12.1. The van der Waals surface area contributed by atoms with Crippen LogP contribution in [0.15, 0.2) is 33.5 Å². The molecule has 0 amide bonds. The molecule has 0 bridgehead atoms. The number of anilines is 1. The standard InChI is InChI=1S/C10H8INO2.C8H8INO2/c1-5-3-4-7-9(8(5)11)12-6(2)14-10(7)13;1-4-2-3-5(8(11)12)7(10)6(4)9/h3-4H,1-2H3;2-3H,10H2,1H3,(H,11,12). The lowest BCUT2D eigenvalue weighted by atomic mass is 10.1. The van der Waals surface area contributed by atoms with Gasteiger partial charge < -0.3 is 15.3 Å². The van der Waals surface area contributed by atoms with Crippen LogP contribution in [0.5, 0.6) is 0 Å². The van der Waals surface area contributed by atoms with Gasteiger partial charge in [0.05, 0.1) is 22.2 Å². The summed E-state index contributed by atoms with van der Waals surface area (Å²) in [5.74, 6) is -0.573. The number of aryl methyl sites for hydroxylation is 3. The molecule has 1 aromatic heterocycles. The number of benzene rings is 2. The fraction of sp³-hybridized carbons (Fsp3) is 0.167. The van der Waals surface area contributed by atoms with Gasteiger partial charge in [-0.15, -0.1) is 0 Å². The molecule has 1 heterocycles. The summed E-state index contributed by atoms with van der Waals surface area (Å²) in [5.41, 5.74) is 8.66. The summed E-state index contributed by atoms with van der Waals surface area (Å²) in [5, 5.41) is 9.24. The van der Waals surface area contributed by atoms with Crippen LogP contribution in [0.2, 0.25) is 0 Å². The Kier molecular flexibility index (Phi) is 6.61. The number of fused-ring (bicyclic) bond motifs is 1. The molecule has 0 spiro atoms. The van der Waals surface area contributed by atoms with Crippen LogP contribution in [0.1, 0.15) is 27.4 Å². The molecule has 0 saturated carbocycles. The lowest BCUT2D eigenvalue weighted by Gasteiger charge is -2.05. The third kappa shape index (κ3) is 4.34. The lowest BCUT2D eigenvalue weighted by Crippen LogP contribution is -2.04. The molecule has 0 radical (unpaired) electrons. The van der Waals surface area contributed by atoms with Crippen molar-refractivity contribution in [3.63, 3.8) is 0 Å². The summed E-state index contributed by atoms with van der Waals surface area (Å²) in [6, 6.07) is 6.93. The van der Waals surface area contributed by atoms with Crippen LogP contribution in [0.25, 0.3) is 10.9 Å². The molecule has 0 aliphatic rings. The highest BCUT2D eigenvalue weighted by molar-refractivity contribution is 14.1. The summed E-state index contributed by atoms with van der Waals surface area (Å²) in [6.07, 6.45) is 0. The van der Waals surface area contributed by atoms with Gasteiger partial charge in [0, 0.05) is 14.1 Å². The van der Waals surface area contributed by atoms with Crippen molar-refractivity contribution in [2.75, 3.05) is 5.73 Å². The van der Waals surface area contributed by atoms with Gasteiger partial charge >= 0.3 is 11.6 Å². The molecule has 2 aromatic carbocycles. The molecule has 3 aromatic rings. The molecule has 6 nitrogen and oxygen atoms in total. The van der Waals surface area contributed by atoms with Crippen molar-refractivity contribution >= 4 is 67.7 Å². The predicted octanol–water partition coefficient (Wildman–Crippen LogP) is 4.29. The molecular formula is C18H16I2N2O4. The number of carboxylic acid groups (broad SMARTS) is 1. The fourth-order valence-electron chi connectivity index (χ4n) is 2.20. The van der Waals surface area contributed by atoms with E-state index in [1.807, 2.05) is 42.5 Å². The molecule has 3 rings (SSSR count). The number of aromatic carboxylic acids is 1. The Morgan fingerprint density at radius 3 is 2.27 bits per heavy atom. The second kappa shape index (κ2) is 8.33. The normalized spacial score (nSPS) is 10.3. The number of nitrogen functional groups attached to an aromatic ring is 1. The summed E-state index contributed by atoms with van der Waals surface area (Å²) in [4.78, 5) is 26.3. The Balaban J connectivity index is 0.000000190. The molecule has 26 heavy (non-hydrogen) atoms. The van der Waals surface area contributed by atoms with E-state index in [9.17, 15) is 9.59 Å². The maximum absolute atomic E-state index is 11.5. The second-order valence-corrected chi connectivity index (χ2v) is 7.73. The third-order valence-corrected chi connectivity index (χ3v) is 6.44. The van der Waals surface area contributed by atoms with Crippen LogP contribution in [0, 0.1) is 27.9 Å². The summed E-state index contributed by atoms with van der Waals surface area (Å²) in [7, 11) is 0. The first-order valence-corrected chi connectivity index (χ1v) is 9.63. The number of rotatable bonds is 1. The van der Waals surface area contributed by atoms with Crippen molar-refractivity contribution < 1.29 is 14.3 Å². The molecule has 8 heteroatoms. The number of carboxylic acids is 1. The molecule has 0 atom stereocenters. The van der Waals surface area contributed by atoms with Gasteiger partial charge in [-0.2, -0.15) is 0 Å². The Bertz CT molecular complexity index is 1060. The Morgan fingerprint density at radius 2 is 1.65 bits per heavy atom. The number of nitrogens with zero attached hydrogens (tertiary/aromatic N) is 1. The highest BCUT2D eigenvalue weighted by Crippen LogP contribution is 2.23. The van der Waals surface area contributed by atoms with Gasteiger partial charge in [0.15, 0.2) is 5.89 Å². The largest absolute Gasteiger partial charge is 0.478 e. The van der Waals surface area contributed by atoms with E-state index in [-0.39, 0.29) is 11.2 Å². The molecular weight excluding hydrogens is 562 g/mol. The van der Waals surface area contributed by atoms with Gasteiger partial charge in [-0.1, -0.05) is 12.1 Å².